The van der Waals surface area contributed by atoms with Crippen LogP contribution < -0.4 is 10.6 Å². The molecule has 0 aliphatic rings. The van der Waals surface area contributed by atoms with Gasteiger partial charge in [-0.3, -0.25) is 19.7 Å². The number of amides is 2. The van der Waals surface area contributed by atoms with Crippen molar-refractivity contribution in [1.82, 2.24) is 10.6 Å². The Morgan fingerprint density at radius 2 is 1.69 bits per heavy atom. The van der Waals surface area contributed by atoms with Gasteiger partial charge in [0.15, 0.2) is 0 Å². The smallest absolute Gasteiger partial charge is 0.276 e. The molecule has 134 valence electrons. The molecule has 0 radical (unpaired) electrons. The Labute approximate surface area is 150 Å². The number of nitrogens with one attached hydrogen (secondary N) is 2. The molecule has 0 saturated heterocycles. The predicted octanol–water partition coefficient (Wildman–Crippen LogP) is 2.08. The Bertz CT molecular complexity index is 803. The third-order valence-electron chi connectivity index (χ3n) is 3.55. The average Bonchev–Trinajstić information content (AvgIpc) is 2.65. The Morgan fingerprint density at radius 1 is 1.00 bits per heavy atom. The molecule has 0 saturated carbocycles. The number of nitro groups is 1. The van der Waals surface area contributed by atoms with Gasteiger partial charge in [0.05, 0.1) is 17.0 Å². The fraction of sp³-hybridized carbons (Fsp3) is 0.158. The van der Waals surface area contributed by atoms with E-state index in [1.54, 1.807) is 12.1 Å². The summed E-state index contributed by atoms with van der Waals surface area (Å²) in [5.74, 6) is -0.797. The molecule has 2 rings (SSSR count). The molecule has 0 aromatic heterocycles. The van der Waals surface area contributed by atoms with E-state index >= 15 is 0 Å². The van der Waals surface area contributed by atoms with Crippen LogP contribution in [0.3, 0.4) is 0 Å². The van der Waals surface area contributed by atoms with Gasteiger partial charge in [-0.1, -0.05) is 42.5 Å². The molecule has 2 amide bonds. The van der Waals surface area contributed by atoms with Crippen molar-refractivity contribution in [3.63, 3.8) is 0 Å². The van der Waals surface area contributed by atoms with Crippen molar-refractivity contribution < 1.29 is 14.5 Å². The van der Waals surface area contributed by atoms with E-state index in [9.17, 15) is 19.7 Å². The Hall–Kier alpha value is -3.48. The minimum Gasteiger partial charge on any atom is -0.354 e. The van der Waals surface area contributed by atoms with Gasteiger partial charge in [0.1, 0.15) is 0 Å². The number of para-hydroxylation sites is 1. The molecule has 7 heteroatoms. The maximum absolute atomic E-state index is 11.7. The van der Waals surface area contributed by atoms with Crippen molar-refractivity contribution in [2.45, 2.75) is 6.42 Å². The molecule has 26 heavy (non-hydrogen) atoms. The van der Waals surface area contributed by atoms with E-state index in [1.807, 2.05) is 30.3 Å². The summed E-state index contributed by atoms with van der Waals surface area (Å²) in [6.07, 6.45) is 3.22. The zero-order valence-corrected chi connectivity index (χ0v) is 14.1. The number of rotatable bonds is 8. The van der Waals surface area contributed by atoms with Gasteiger partial charge in [-0.05, 0) is 24.1 Å². The van der Waals surface area contributed by atoms with E-state index in [1.165, 1.54) is 24.3 Å². The second-order valence-corrected chi connectivity index (χ2v) is 5.45. The number of nitro benzene ring substituents is 1. The highest BCUT2D eigenvalue weighted by atomic mass is 16.6. The van der Waals surface area contributed by atoms with Crippen LogP contribution in [0.25, 0.3) is 6.08 Å². The lowest BCUT2D eigenvalue weighted by atomic mass is 10.1. The molecule has 0 spiro atoms. The highest BCUT2D eigenvalue weighted by Crippen LogP contribution is 2.18. The molecule has 2 N–H and O–H groups in total. The monoisotopic (exact) mass is 353 g/mol. The van der Waals surface area contributed by atoms with Gasteiger partial charge in [0.2, 0.25) is 11.8 Å². The minimum absolute atomic E-state index is 0.0878. The molecule has 0 aliphatic heterocycles. The number of benzene rings is 2. The van der Waals surface area contributed by atoms with Crippen LogP contribution in [-0.2, 0) is 16.0 Å². The first kappa shape index (κ1) is 18.9. The summed E-state index contributed by atoms with van der Waals surface area (Å²) >= 11 is 0. The third kappa shape index (κ3) is 6.20. The summed E-state index contributed by atoms with van der Waals surface area (Å²) in [4.78, 5) is 33.9. The maximum Gasteiger partial charge on any atom is 0.276 e. The normalized spacial score (nSPS) is 10.5. The van der Waals surface area contributed by atoms with Crippen LogP contribution in [0.1, 0.15) is 11.1 Å². The van der Waals surface area contributed by atoms with Crippen LogP contribution in [0.5, 0.6) is 0 Å². The molecular weight excluding hydrogens is 334 g/mol. The van der Waals surface area contributed by atoms with Crippen molar-refractivity contribution in [2.75, 3.05) is 13.1 Å². The second-order valence-electron chi connectivity index (χ2n) is 5.45. The van der Waals surface area contributed by atoms with Crippen molar-refractivity contribution in [1.29, 1.82) is 0 Å². The first-order chi connectivity index (χ1) is 12.6. The summed E-state index contributed by atoms with van der Waals surface area (Å²) < 4.78 is 0. The zero-order chi connectivity index (χ0) is 18.8. The van der Waals surface area contributed by atoms with Crippen LogP contribution in [0, 0.1) is 10.1 Å². The van der Waals surface area contributed by atoms with Gasteiger partial charge in [-0.25, -0.2) is 0 Å². The highest BCUT2D eigenvalue weighted by Gasteiger charge is 2.10. The topological polar surface area (TPSA) is 101 Å². The lowest BCUT2D eigenvalue weighted by molar-refractivity contribution is -0.385. The van der Waals surface area contributed by atoms with E-state index in [2.05, 4.69) is 10.6 Å². The van der Waals surface area contributed by atoms with Crippen LogP contribution in [0.4, 0.5) is 5.69 Å². The standard InChI is InChI=1S/C19H19N3O4/c23-18(11-10-16-8-4-5-9-17(16)22(25)26)21-14-19(24)20-13-12-15-6-2-1-3-7-15/h1-11H,12-14H2,(H,20,24)(H,21,23)/b11-10+. The van der Waals surface area contributed by atoms with Crippen molar-refractivity contribution >= 4 is 23.6 Å². The third-order valence-corrected chi connectivity index (χ3v) is 3.55. The number of hydrogen-bond donors (Lipinski definition) is 2. The average molecular weight is 353 g/mol. The van der Waals surface area contributed by atoms with E-state index in [0.717, 1.165) is 5.56 Å². The molecule has 0 heterocycles. The highest BCUT2D eigenvalue weighted by molar-refractivity contribution is 5.94. The van der Waals surface area contributed by atoms with E-state index in [-0.39, 0.29) is 18.1 Å². The van der Waals surface area contributed by atoms with Gasteiger partial charge < -0.3 is 10.6 Å². The fourth-order valence-electron chi connectivity index (χ4n) is 2.24. The summed E-state index contributed by atoms with van der Waals surface area (Å²) in [6, 6.07) is 15.8. The summed E-state index contributed by atoms with van der Waals surface area (Å²) in [5, 5.41) is 16.1. The number of carbonyl (C=O) groups excluding carboxylic acids is 2. The molecule has 7 nitrogen and oxygen atoms in total. The molecule has 0 bridgehead atoms. The second kappa shape index (κ2) is 9.73. The summed E-state index contributed by atoms with van der Waals surface area (Å²) in [6.45, 7) is 0.319. The van der Waals surface area contributed by atoms with E-state index in [0.29, 0.717) is 18.5 Å². The Morgan fingerprint density at radius 3 is 2.42 bits per heavy atom. The Kier molecular flexibility index (Phi) is 7.05. The number of nitrogens with zero attached hydrogens (tertiary/aromatic N) is 1. The summed E-state index contributed by atoms with van der Waals surface area (Å²) in [5.41, 5.74) is 1.35. The van der Waals surface area contributed by atoms with Crippen LogP contribution in [0.2, 0.25) is 0 Å². The van der Waals surface area contributed by atoms with Gasteiger partial charge in [-0.2, -0.15) is 0 Å². The van der Waals surface area contributed by atoms with Crippen LogP contribution >= 0.6 is 0 Å². The number of carbonyl (C=O) groups is 2. The molecule has 2 aromatic carbocycles. The van der Waals surface area contributed by atoms with Crippen molar-refractivity contribution in [3.8, 4) is 0 Å². The first-order valence-electron chi connectivity index (χ1n) is 8.06. The van der Waals surface area contributed by atoms with Gasteiger partial charge in [0.25, 0.3) is 5.69 Å². The molecular formula is C19H19N3O4. The van der Waals surface area contributed by atoms with E-state index in [4.69, 9.17) is 0 Å². The predicted molar refractivity (Wildman–Crippen MR) is 98.3 cm³/mol. The molecule has 0 unspecified atom stereocenters. The van der Waals surface area contributed by atoms with Gasteiger partial charge >= 0.3 is 0 Å². The quantitative estimate of drug-likeness (QED) is 0.431. The van der Waals surface area contributed by atoms with E-state index < -0.39 is 10.8 Å². The number of hydrogen-bond acceptors (Lipinski definition) is 4. The maximum atomic E-state index is 11.7. The van der Waals surface area contributed by atoms with Gasteiger partial charge in [-0.15, -0.1) is 0 Å². The van der Waals surface area contributed by atoms with Gasteiger partial charge in [0, 0.05) is 18.7 Å². The molecule has 0 aliphatic carbocycles. The van der Waals surface area contributed by atoms with Crippen molar-refractivity contribution in [2.24, 2.45) is 0 Å². The van der Waals surface area contributed by atoms with Crippen LogP contribution in [-0.4, -0.2) is 29.8 Å². The van der Waals surface area contributed by atoms with Crippen LogP contribution in [0.15, 0.2) is 60.7 Å². The molecule has 2 aromatic rings. The SMILES string of the molecule is O=C(/C=C/c1ccccc1[N+](=O)[O-])NCC(=O)NCCc1ccccc1. The fourth-order valence-corrected chi connectivity index (χ4v) is 2.24. The van der Waals surface area contributed by atoms with Crippen molar-refractivity contribution in [3.05, 3.63) is 81.9 Å². The summed E-state index contributed by atoms with van der Waals surface area (Å²) in [7, 11) is 0. The lowest BCUT2D eigenvalue weighted by Crippen LogP contribution is -2.37. The zero-order valence-electron chi connectivity index (χ0n) is 14.1. The molecule has 0 fully saturated rings. The minimum atomic E-state index is -0.516. The molecule has 0 atom stereocenters. The largest absolute Gasteiger partial charge is 0.354 e. The first-order valence-corrected chi connectivity index (χ1v) is 8.06. The lowest BCUT2D eigenvalue weighted by Gasteiger charge is -2.06. The Balaban J connectivity index is 1.74.